The molecular weight excluding hydrogens is 415 g/mol. The summed E-state index contributed by atoms with van der Waals surface area (Å²) < 4.78 is 46.2. The van der Waals surface area contributed by atoms with Crippen LogP contribution in [-0.2, 0) is 6.18 Å². The first-order valence-corrected chi connectivity index (χ1v) is 9.12. The van der Waals surface area contributed by atoms with E-state index in [9.17, 15) is 23.3 Å². The molecule has 0 bridgehead atoms. The maximum absolute atomic E-state index is 13.5. The van der Waals surface area contributed by atoms with Gasteiger partial charge in [-0.1, -0.05) is 12.1 Å². The van der Waals surface area contributed by atoms with E-state index in [1.165, 1.54) is 24.3 Å². The summed E-state index contributed by atoms with van der Waals surface area (Å²) in [6.45, 7) is 3.60. The average molecular weight is 433 g/mol. The number of anilines is 4. The topological polar surface area (TPSA) is 102 Å². The highest BCUT2D eigenvalue weighted by Gasteiger charge is 2.35. The number of aromatic nitrogens is 2. The fourth-order valence-electron chi connectivity index (χ4n) is 2.59. The molecule has 0 amide bonds. The zero-order chi connectivity index (χ0) is 22.6. The van der Waals surface area contributed by atoms with Crippen molar-refractivity contribution in [2.24, 2.45) is 0 Å². The lowest BCUT2D eigenvalue weighted by Crippen LogP contribution is -2.13. The Labute approximate surface area is 175 Å². The lowest BCUT2D eigenvalue weighted by molar-refractivity contribution is -0.384. The van der Waals surface area contributed by atoms with Crippen LogP contribution in [0.25, 0.3) is 0 Å². The normalized spacial score (nSPS) is 11.3. The van der Waals surface area contributed by atoms with Gasteiger partial charge in [0.15, 0.2) is 0 Å². The zero-order valence-corrected chi connectivity index (χ0v) is 16.5. The van der Waals surface area contributed by atoms with Gasteiger partial charge in [-0.2, -0.15) is 18.2 Å². The molecule has 0 aliphatic carbocycles. The van der Waals surface area contributed by atoms with Crippen molar-refractivity contribution < 1.29 is 22.8 Å². The molecule has 2 aromatic carbocycles. The molecule has 11 heteroatoms. The number of hydrogen-bond acceptors (Lipinski definition) is 7. The fourth-order valence-corrected chi connectivity index (χ4v) is 2.59. The zero-order valence-electron chi connectivity index (χ0n) is 16.5. The summed E-state index contributed by atoms with van der Waals surface area (Å²) in [5.41, 5.74) is -0.495. The van der Waals surface area contributed by atoms with Crippen LogP contribution in [0.5, 0.6) is 5.75 Å². The molecular formula is C20H18F3N5O3. The summed E-state index contributed by atoms with van der Waals surface area (Å²) in [6, 6.07) is 11.9. The Hall–Kier alpha value is -3.89. The summed E-state index contributed by atoms with van der Waals surface area (Å²) >= 11 is 0. The standard InChI is InChI=1S/C20H18F3N5O3/c1-12(2)31-17-6-4-3-5-16(17)26-18-15(20(21,22)23)11-24-19(27-18)25-13-7-9-14(10-8-13)28(29)30/h3-12H,1-2H3,(H2,24,25,26,27). The maximum atomic E-state index is 13.5. The number of nitrogens with one attached hydrogen (secondary N) is 2. The first-order chi connectivity index (χ1) is 14.6. The van der Waals surface area contributed by atoms with Crippen molar-refractivity contribution in [1.29, 1.82) is 0 Å². The van der Waals surface area contributed by atoms with Gasteiger partial charge in [0.05, 0.1) is 16.7 Å². The minimum atomic E-state index is -4.69. The highest BCUT2D eigenvalue weighted by Crippen LogP contribution is 2.37. The van der Waals surface area contributed by atoms with Gasteiger partial charge in [-0.15, -0.1) is 0 Å². The molecule has 0 spiro atoms. The molecule has 8 nitrogen and oxygen atoms in total. The second-order valence-electron chi connectivity index (χ2n) is 6.67. The van der Waals surface area contributed by atoms with E-state index in [0.717, 1.165) is 0 Å². The van der Waals surface area contributed by atoms with Crippen LogP contribution in [-0.4, -0.2) is 21.0 Å². The molecule has 162 valence electrons. The third kappa shape index (κ3) is 5.59. The number of non-ortho nitro benzene ring substituents is 1. The van der Waals surface area contributed by atoms with Gasteiger partial charge < -0.3 is 15.4 Å². The van der Waals surface area contributed by atoms with Gasteiger partial charge in [-0.05, 0) is 38.1 Å². The van der Waals surface area contributed by atoms with Gasteiger partial charge in [0.25, 0.3) is 5.69 Å². The second-order valence-corrected chi connectivity index (χ2v) is 6.67. The molecule has 0 radical (unpaired) electrons. The van der Waals surface area contributed by atoms with Gasteiger partial charge in [0.1, 0.15) is 17.1 Å². The number of nitro benzene ring substituents is 1. The van der Waals surface area contributed by atoms with Crippen LogP contribution in [0.3, 0.4) is 0 Å². The van der Waals surface area contributed by atoms with Crippen LogP contribution in [0.15, 0.2) is 54.7 Å². The van der Waals surface area contributed by atoms with Gasteiger partial charge in [0.2, 0.25) is 5.95 Å². The van der Waals surface area contributed by atoms with E-state index in [1.807, 2.05) is 0 Å². The molecule has 0 unspecified atom stereocenters. The van der Waals surface area contributed by atoms with Crippen LogP contribution in [0.1, 0.15) is 19.4 Å². The number of benzene rings is 2. The molecule has 3 rings (SSSR count). The van der Waals surface area contributed by atoms with Crippen LogP contribution in [0.2, 0.25) is 0 Å². The first kappa shape index (κ1) is 21.8. The van der Waals surface area contributed by atoms with Gasteiger partial charge in [-0.25, -0.2) is 4.98 Å². The van der Waals surface area contributed by atoms with Crippen LogP contribution in [0, 0.1) is 10.1 Å². The number of halogens is 3. The summed E-state index contributed by atoms with van der Waals surface area (Å²) in [7, 11) is 0. The number of alkyl halides is 3. The molecule has 1 aromatic heterocycles. The van der Waals surface area contributed by atoms with E-state index in [-0.39, 0.29) is 17.7 Å². The predicted octanol–water partition coefficient (Wildman–Crippen LogP) is 5.68. The van der Waals surface area contributed by atoms with E-state index in [1.54, 1.807) is 38.1 Å². The third-order valence-electron chi connectivity index (χ3n) is 3.93. The molecule has 3 aromatic rings. The first-order valence-electron chi connectivity index (χ1n) is 9.12. The highest BCUT2D eigenvalue weighted by molar-refractivity contribution is 5.67. The monoisotopic (exact) mass is 433 g/mol. The van der Waals surface area contributed by atoms with Crippen LogP contribution < -0.4 is 15.4 Å². The fraction of sp³-hybridized carbons (Fsp3) is 0.200. The number of nitrogens with zero attached hydrogens (tertiary/aromatic N) is 3. The van der Waals surface area contributed by atoms with Crippen molar-refractivity contribution in [1.82, 2.24) is 9.97 Å². The van der Waals surface area contributed by atoms with E-state index in [2.05, 4.69) is 20.6 Å². The quantitative estimate of drug-likeness (QED) is 0.365. The minimum absolute atomic E-state index is 0.119. The molecule has 0 aliphatic rings. The van der Waals surface area contributed by atoms with Crippen molar-refractivity contribution in [2.75, 3.05) is 10.6 Å². The molecule has 31 heavy (non-hydrogen) atoms. The minimum Gasteiger partial charge on any atom is -0.489 e. The van der Waals surface area contributed by atoms with Gasteiger partial charge in [-0.3, -0.25) is 10.1 Å². The Balaban J connectivity index is 1.94. The molecule has 0 fully saturated rings. The van der Waals surface area contributed by atoms with Crippen molar-refractivity contribution in [2.45, 2.75) is 26.1 Å². The van der Waals surface area contributed by atoms with E-state index >= 15 is 0 Å². The van der Waals surface area contributed by atoms with E-state index < -0.39 is 22.5 Å². The summed E-state index contributed by atoms with van der Waals surface area (Å²) in [6.07, 6.45) is -4.22. The maximum Gasteiger partial charge on any atom is 0.421 e. The Morgan fingerprint density at radius 1 is 1.06 bits per heavy atom. The summed E-state index contributed by atoms with van der Waals surface area (Å²) in [5.74, 6) is -0.215. The Bertz CT molecular complexity index is 1070. The number of para-hydroxylation sites is 2. The smallest absolute Gasteiger partial charge is 0.421 e. The number of ether oxygens (including phenoxy) is 1. The largest absolute Gasteiger partial charge is 0.489 e. The average Bonchev–Trinajstić information content (AvgIpc) is 2.69. The highest BCUT2D eigenvalue weighted by atomic mass is 19.4. The van der Waals surface area contributed by atoms with E-state index in [0.29, 0.717) is 23.3 Å². The lowest BCUT2D eigenvalue weighted by Gasteiger charge is -2.18. The number of rotatable bonds is 7. The molecule has 1 heterocycles. The number of hydrogen-bond donors (Lipinski definition) is 2. The molecule has 0 saturated carbocycles. The van der Waals surface area contributed by atoms with Crippen molar-refractivity contribution in [3.63, 3.8) is 0 Å². The van der Waals surface area contributed by atoms with Crippen LogP contribution >= 0.6 is 0 Å². The van der Waals surface area contributed by atoms with Crippen molar-refractivity contribution in [3.8, 4) is 5.75 Å². The Morgan fingerprint density at radius 3 is 2.35 bits per heavy atom. The second kappa shape index (κ2) is 8.86. The SMILES string of the molecule is CC(C)Oc1ccccc1Nc1nc(Nc2ccc([N+](=O)[O-])cc2)ncc1C(F)(F)F. The lowest BCUT2D eigenvalue weighted by atomic mass is 10.2. The summed E-state index contributed by atoms with van der Waals surface area (Å²) in [4.78, 5) is 17.9. The van der Waals surface area contributed by atoms with Gasteiger partial charge in [0, 0.05) is 24.0 Å². The molecule has 0 atom stereocenters. The predicted molar refractivity (Wildman–Crippen MR) is 109 cm³/mol. The number of nitro groups is 1. The third-order valence-corrected chi connectivity index (χ3v) is 3.93. The Morgan fingerprint density at radius 2 is 1.74 bits per heavy atom. The molecule has 0 saturated heterocycles. The van der Waals surface area contributed by atoms with Crippen LogP contribution in [0.4, 0.5) is 42.0 Å². The van der Waals surface area contributed by atoms with Crippen molar-refractivity contribution in [3.05, 3.63) is 70.4 Å². The van der Waals surface area contributed by atoms with E-state index in [4.69, 9.17) is 4.74 Å². The Kier molecular flexibility index (Phi) is 6.23. The van der Waals surface area contributed by atoms with Crippen molar-refractivity contribution >= 4 is 28.8 Å². The van der Waals surface area contributed by atoms with Gasteiger partial charge >= 0.3 is 6.18 Å². The summed E-state index contributed by atoms with van der Waals surface area (Å²) in [5, 5.41) is 16.2. The molecule has 2 N–H and O–H groups in total. The molecule has 0 aliphatic heterocycles.